The van der Waals surface area contributed by atoms with Crippen LogP contribution in [0.25, 0.3) is 0 Å². The number of cyclic esters (lactones) is 1. The van der Waals surface area contributed by atoms with Crippen molar-refractivity contribution >= 4 is 23.6 Å². The molecule has 32 heavy (non-hydrogen) atoms. The molecule has 0 aliphatic carbocycles. The van der Waals surface area contributed by atoms with Crippen LogP contribution in [0.1, 0.15) is 27.2 Å². The van der Waals surface area contributed by atoms with Gasteiger partial charge in [-0.3, -0.25) is 4.90 Å². The Morgan fingerprint density at radius 2 is 2.16 bits per heavy atom. The average molecular weight is 446 g/mol. The first kappa shape index (κ1) is 21.8. The third kappa shape index (κ3) is 5.09. The van der Waals surface area contributed by atoms with Gasteiger partial charge >= 0.3 is 12.2 Å². The average Bonchev–Trinajstić information content (AvgIpc) is 3.42. The minimum absolute atomic E-state index is 0.130. The molecule has 2 atom stereocenters. The molecule has 2 saturated heterocycles. The molecule has 0 saturated carbocycles. The van der Waals surface area contributed by atoms with Crippen LogP contribution in [0, 0.1) is 5.82 Å². The van der Waals surface area contributed by atoms with Gasteiger partial charge in [0.05, 0.1) is 36.7 Å². The Hall–Kier alpha value is -3.37. The number of anilines is 2. The lowest BCUT2D eigenvalue weighted by atomic mass is 10.2. The Morgan fingerprint density at radius 1 is 1.34 bits per heavy atom. The van der Waals surface area contributed by atoms with Crippen molar-refractivity contribution in [3.8, 4) is 0 Å². The molecular formula is C21H27FN6O4. The molecule has 1 N–H and O–H groups in total. The second-order valence-corrected chi connectivity index (χ2v) is 8.96. The lowest BCUT2D eigenvalue weighted by Crippen LogP contribution is -2.40. The van der Waals surface area contributed by atoms with Crippen molar-refractivity contribution < 1.29 is 23.5 Å². The Labute approximate surface area is 185 Å². The first-order chi connectivity index (χ1) is 15.2. The van der Waals surface area contributed by atoms with Crippen LogP contribution in [0.4, 0.5) is 25.4 Å². The Kier molecular flexibility index (Phi) is 5.90. The van der Waals surface area contributed by atoms with Gasteiger partial charge in [-0.2, -0.15) is 0 Å². The molecule has 0 radical (unpaired) electrons. The highest BCUT2D eigenvalue weighted by Gasteiger charge is 2.34. The zero-order chi connectivity index (χ0) is 22.9. The highest BCUT2D eigenvalue weighted by molar-refractivity contribution is 5.90. The first-order valence-corrected chi connectivity index (χ1v) is 10.5. The number of alkyl carbamates (subject to hydrolysis) is 1. The first-order valence-electron chi connectivity index (χ1n) is 10.5. The summed E-state index contributed by atoms with van der Waals surface area (Å²) in [6, 6.07) is 4.56. The molecular weight excluding hydrogens is 419 g/mol. The highest BCUT2D eigenvalue weighted by atomic mass is 19.1. The number of hydrogen-bond acceptors (Lipinski definition) is 7. The molecule has 0 spiro atoms. The summed E-state index contributed by atoms with van der Waals surface area (Å²) in [5.74, 6) is -0.437. The molecule has 2 aromatic rings. The third-order valence-corrected chi connectivity index (χ3v) is 5.23. The lowest BCUT2D eigenvalue weighted by molar-refractivity contribution is 0.0509. The van der Waals surface area contributed by atoms with E-state index in [1.54, 1.807) is 50.0 Å². The van der Waals surface area contributed by atoms with E-state index < -0.39 is 29.7 Å². The van der Waals surface area contributed by atoms with E-state index in [2.05, 4.69) is 15.6 Å². The Bertz CT molecular complexity index is 977. The van der Waals surface area contributed by atoms with Crippen molar-refractivity contribution in [2.75, 3.05) is 29.4 Å². The smallest absolute Gasteiger partial charge is 0.414 e. The number of carbonyl (C=O) groups is 2. The van der Waals surface area contributed by atoms with Gasteiger partial charge in [0.2, 0.25) is 0 Å². The predicted molar refractivity (Wildman–Crippen MR) is 114 cm³/mol. The van der Waals surface area contributed by atoms with E-state index in [1.165, 1.54) is 11.0 Å². The fourth-order valence-electron chi connectivity index (χ4n) is 3.86. The van der Waals surface area contributed by atoms with Crippen molar-refractivity contribution in [1.82, 2.24) is 20.3 Å². The predicted octanol–water partition coefficient (Wildman–Crippen LogP) is 2.55. The number of benzene rings is 1. The molecule has 2 aliphatic rings. The van der Waals surface area contributed by atoms with Gasteiger partial charge in [0.1, 0.15) is 17.5 Å². The van der Waals surface area contributed by atoms with Crippen molar-refractivity contribution in [1.29, 1.82) is 0 Å². The van der Waals surface area contributed by atoms with Gasteiger partial charge in [-0.1, -0.05) is 5.21 Å². The van der Waals surface area contributed by atoms with E-state index in [-0.39, 0.29) is 6.04 Å². The molecule has 2 amide bonds. The topological polar surface area (TPSA) is 102 Å². The molecule has 172 valence electrons. The second-order valence-electron chi connectivity index (χ2n) is 8.96. The molecule has 10 nitrogen and oxygen atoms in total. The molecule has 1 aromatic carbocycles. The number of aromatic nitrogens is 3. The van der Waals surface area contributed by atoms with Crippen LogP contribution in [0.15, 0.2) is 30.6 Å². The Morgan fingerprint density at radius 3 is 2.84 bits per heavy atom. The van der Waals surface area contributed by atoms with Gasteiger partial charge in [0.15, 0.2) is 0 Å². The van der Waals surface area contributed by atoms with E-state index >= 15 is 0 Å². The van der Waals surface area contributed by atoms with Crippen molar-refractivity contribution in [3.63, 3.8) is 0 Å². The van der Waals surface area contributed by atoms with Crippen molar-refractivity contribution in [3.05, 3.63) is 36.4 Å². The summed E-state index contributed by atoms with van der Waals surface area (Å²) in [6.07, 6.45) is 2.52. The van der Waals surface area contributed by atoms with Crippen LogP contribution in [0.3, 0.4) is 0 Å². The summed E-state index contributed by atoms with van der Waals surface area (Å²) in [4.78, 5) is 27.6. The zero-order valence-electron chi connectivity index (χ0n) is 18.3. The quantitative estimate of drug-likeness (QED) is 0.753. The molecule has 11 heteroatoms. The number of hydrogen-bond donors (Lipinski definition) is 1. The van der Waals surface area contributed by atoms with E-state index in [1.807, 2.05) is 4.90 Å². The second kappa shape index (κ2) is 8.64. The highest BCUT2D eigenvalue weighted by Crippen LogP contribution is 2.30. The SMILES string of the molecule is CC(C)(C)OC(=O)N[C@H]1CCN(c2ccc(N3C[C@H](Cn4ccnn4)OC3=O)cc2F)C1. The summed E-state index contributed by atoms with van der Waals surface area (Å²) < 4.78 is 27.2. The molecule has 3 heterocycles. The van der Waals surface area contributed by atoms with Crippen LogP contribution < -0.4 is 15.1 Å². The van der Waals surface area contributed by atoms with Crippen LogP contribution in [-0.4, -0.2) is 64.6 Å². The van der Waals surface area contributed by atoms with Crippen molar-refractivity contribution in [2.45, 2.75) is 51.5 Å². The van der Waals surface area contributed by atoms with Gasteiger partial charge in [-0.15, -0.1) is 5.10 Å². The fourth-order valence-corrected chi connectivity index (χ4v) is 3.86. The monoisotopic (exact) mass is 446 g/mol. The standard InChI is InChI=1S/C21H27FN6O4/c1-21(2,3)32-19(29)24-14-6-8-26(11-14)18-5-4-15(10-17(18)22)28-13-16(31-20(28)30)12-27-9-7-23-25-27/h4-5,7,9-10,14,16H,6,8,11-13H2,1-3H3,(H,24,29)/t14-,16-/m0/s1. The van der Waals surface area contributed by atoms with Crippen LogP contribution in [0.5, 0.6) is 0 Å². The van der Waals surface area contributed by atoms with E-state index in [4.69, 9.17) is 9.47 Å². The minimum atomic E-state index is -0.574. The maximum atomic E-state index is 14.9. The summed E-state index contributed by atoms with van der Waals surface area (Å²) in [7, 11) is 0. The number of ether oxygens (including phenoxy) is 2. The van der Waals surface area contributed by atoms with Crippen LogP contribution in [0.2, 0.25) is 0 Å². The van der Waals surface area contributed by atoms with Gasteiger partial charge in [0.25, 0.3) is 0 Å². The number of rotatable bonds is 5. The van der Waals surface area contributed by atoms with Gasteiger partial charge < -0.3 is 19.7 Å². The summed E-state index contributed by atoms with van der Waals surface area (Å²) >= 11 is 0. The van der Waals surface area contributed by atoms with Gasteiger partial charge in [-0.25, -0.2) is 18.7 Å². The number of amides is 2. The Balaban J connectivity index is 1.36. The molecule has 2 aliphatic heterocycles. The number of nitrogens with one attached hydrogen (secondary N) is 1. The maximum absolute atomic E-state index is 14.9. The third-order valence-electron chi connectivity index (χ3n) is 5.23. The number of nitrogens with zero attached hydrogens (tertiary/aromatic N) is 5. The zero-order valence-corrected chi connectivity index (χ0v) is 18.3. The van der Waals surface area contributed by atoms with E-state index in [0.29, 0.717) is 44.0 Å². The van der Waals surface area contributed by atoms with Gasteiger partial charge in [-0.05, 0) is 45.4 Å². The maximum Gasteiger partial charge on any atom is 0.414 e. The van der Waals surface area contributed by atoms with E-state index in [9.17, 15) is 14.0 Å². The van der Waals surface area contributed by atoms with Crippen molar-refractivity contribution in [2.24, 2.45) is 0 Å². The summed E-state index contributed by atoms with van der Waals surface area (Å²) in [5.41, 5.74) is 0.281. The summed E-state index contributed by atoms with van der Waals surface area (Å²) in [6.45, 7) is 7.15. The molecule has 2 fully saturated rings. The normalized spacial score (nSPS) is 21.1. The fraction of sp³-hybridized carbons (Fsp3) is 0.524. The minimum Gasteiger partial charge on any atom is -0.444 e. The molecule has 4 rings (SSSR count). The van der Waals surface area contributed by atoms with E-state index in [0.717, 1.165) is 0 Å². The number of carbonyl (C=O) groups excluding carboxylic acids is 2. The van der Waals surface area contributed by atoms with Gasteiger partial charge in [0, 0.05) is 19.3 Å². The van der Waals surface area contributed by atoms with Crippen LogP contribution in [-0.2, 0) is 16.0 Å². The molecule has 1 aromatic heterocycles. The largest absolute Gasteiger partial charge is 0.444 e. The number of halogens is 1. The molecule has 0 unspecified atom stereocenters. The lowest BCUT2D eigenvalue weighted by Gasteiger charge is -2.23. The van der Waals surface area contributed by atoms with Crippen LogP contribution >= 0.6 is 0 Å². The summed E-state index contributed by atoms with van der Waals surface area (Å²) in [5, 5.41) is 10.4. The molecule has 0 bridgehead atoms.